The normalized spacial score (nSPS) is 11.5. The number of carbonyl (C=O) groups excluding carboxylic acids is 1. The number of amides is 1. The van der Waals surface area contributed by atoms with Crippen molar-refractivity contribution in [2.45, 2.75) is 25.3 Å². The molecular weight excluding hydrogens is 575 g/mol. The molecule has 0 aromatic heterocycles. The van der Waals surface area contributed by atoms with Crippen LogP contribution < -0.4 is 9.46 Å². The Morgan fingerprint density at radius 1 is 1.03 bits per heavy atom. The Balaban J connectivity index is 1.75. The fraction of sp³-hybridized carbons (Fsp3) is 0.240. The number of ether oxygens (including phenoxy) is 1. The van der Waals surface area contributed by atoms with Crippen LogP contribution in [0, 0.1) is 5.92 Å². The molecule has 3 rings (SSSR count). The first-order valence-corrected chi connectivity index (χ1v) is 13.8. The molecule has 0 heterocycles. The quantitative estimate of drug-likeness (QED) is 0.295. The fourth-order valence-corrected chi connectivity index (χ4v) is 4.95. The number of nitrogens with one attached hydrogen (secondary N) is 1. The van der Waals surface area contributed by atoms with Gasteiger partial charge in [-0.05, 0) is 54.4 Å². The number of rotatable bonds is 9. The van der Waals surface area contributed by atoms with Crippen molar-refractivity contribution in [3.05, 3.63) is 86.3 Å². The second-order valence-electron chi connectivity index (χ2n) is 8.36. The molecule has 0 aliphatic heterocycles. The highest BCUT2D eigenvalue weighted by Gasteiger charge is 2.18. The maximum Gasteiger partial charge on any atom is 0.253 e. The summed E-state index contributed by atoms with van der Waals surface area (Å²) in [5.74, 6) is 0.988. The van der Waals surface area contributed by atoms with E-state index in [-0.39, 0.29) is 23.3 Å². The molecule has 0 saturated heterocycles. The molecule has 6 nitrogen and oxygen atoms in total. The number of nitrogens with zero attached hydrogens (tertiary/aromatic N) is 1. The van der Waals surface area contributed by atoms with Gasteiger partial charge in [0.2, 0.25) is 10.0 Å². The van der Waals surface area contributed by atoms with Gasteiger partial charge in [-0.3, -0.25) is 4.79 Å². The molecule has 186 valence electrons. The van der Waals surface area contributed by atoms with Crippen LogP contribution in [-0.4, -0.2) is 32.8 Å². The summed E-state index contributed by atoms with van der Waals surface area (Å²) in [5.41, 5.74) is 1.14. The summed E-state index contributed by atoms with van der Waals surface area (Å²) in [6.07, 6.45) is 0. The predicted octanol–water partition coefficient (Wildman–Crippen LogP) is 6.75. The molecule has 1 amide bonds. The summed E-state index contributed by atoms with van der Waals surface area (Å²) in [6.45, 7) is 4.45. The van der Waals surface area contributed by atoms with Gasteiger partial charge >= 0.3 is 0 Å². The monoisotopic (exact) mass is 598 g/mol. The Kier molecular flexibility index (Phi) is 9.23. The molecule has 0 bridgehead atoms. The molecule has 0 unspecified atom stereocenters. The zero-order valence-electron chi connectivity index (χ0n) is 19.4. The Hall–Kier alpha value is -2.10. The average molecular weight is 600 g/mol. The summed E-state index contributed by atoms with van der Waals surface area (Å²) in [7, 11) is -1.96. The van der Waals surface area contributed by atoms with Crippen molar-refractivity contribution in [3.8, 4) is 11.5 Å². The maximum absolute atomic E-state index is 13.0. The zero-order chi connectivity index (χ0) is 25.8. The number of benzene rings is 3. The highest BCUT2D eigenvalue weighted by atomic mass is 79.9. The van der Waals surface area contributed by atoms with E-state index in [4.69, 9.17) is 27.9 Å². The molecule has 35 heavy (non-hydrogen) atoms. The third-order valence-electron chi connectivity index (χ3n) is 5.00. The summed E-state index contributed by atoms with van der Waals surface area (Å²) in [6, 6.07) is 16.4. The van der Waals surface area contributed by atoms with Crippen molar-refractivity contribution in [2.24, 2.45) is 5.92 Å². The molecule has 0 saturated carbocycles. The Bertz CT molecular complexity index is 1320. The van der Waals surface area contributed by atoms with Gasteiger partial charge in [-0.25, -0.2) is 13.1 Å². The van der Waals surface area contributed by atoms with Gasteiger partial charge in [-0.1, -0.05) is 59.0 Å². The number of halogens is 3. The number of hydrogen-bond acceptors (Lipinski definition) is 4. The minimum atomic E-state index is -3.63. The molecule has 0 aliphatic carbocycles. The van der Waals surface area contributed by atoms with E-state index in [9.17, 15) is 13.2 Å². The maximum atomic E-state index is 13.0. The van der Waals surface area contributed by atoms with Crippen LogP contribution in [0.3, 0.4) is 0 Å². The van der Waals surface area contributed by atoms with Gasteiger partial charge in [0, 0.05) is 41.8 Å². The van der Waals surface area contributed by atoms with Crippen LogP contribution in [0.25, 0.3) is 0 Å². The van der Waals surface area contributed by atoms with Crippen molar-refractivity contribution in [3.63, 3.8) is 0 Å². The topological polar surface area (TPSA) is 75.7 Å². The third kappa shape index (κ3) is 7.44. The first-order chi connectivity index (χ1) is 16.5. The SMILES string of the molecule is CC(C)CNS(=O)(=O)c1ccc(C(=O)N(C)Cc2ccc(Br)cc2Oc2ccc(Cl)c(Cl)c2)cc1. The summed E-state index contributed by atoms with van der Waals surface area (Å²) in [4.78, 5) is 14.7. The Morgan fingerprint density at radius 3 is 2.34 bits per heavy atom. The highest BCUT2D eigenvalue weighted by molar-refractivity contribution is 9.10. The van der Waals surface area contributed by atoms with Crippen molar-refractivity contribution in [2.75, 3.05) is 13.6 Å². The zero-order valence-corrected chi connectivity index (χ0v) is 23.3. The van der Waals surface area contributed by atoms with E-state index in [1.165, 1.54) is 29.2 Å². The third-order valence-corrected chi connectivity index (χ3v) is 7.67. The molecule has 1 N–H and O–H groups in total. The molecule has 3 aromatic rings. The number of sulfonamides is 1. The van der Waals surface area contributed by atoms with E-state index in [0.717, 1.165) is 10.0 Å². The lowest BCUT2D eigenvalue weighted by molar-refractivity contribution is 0.0784. The molecule has 10 heteroatoms. The molecule has 0 aliphatic rings. The first kappa shape index (κ1) is 27.5. The van der Waals surface area contributed by atoms with E-state index in [1.54, 1.807) is 31.3 Å². The van der Waals surface area contributed by atoms with Gasteiger partial charge in [-0.2, -0.15) is 0 Å². The van der Waals surface area contributed by atoms with Crippen molar-refractivity contribution in [1.29, 1.82) is 0 Å². The fourth-order valence-electron chi connectivity index (χ4n) is 3.11. The van der Waals surface area contributed by atoms with Gasteiger partial charge in [0.1, 0.15) is 11.5 Å². The van der Waals surface area contributed by atoms with E-state index < -0.39 is 10.0 Å². The van der Waals surface area contributed by atoms with Crippen LogP contribution in [0.2, 0.25) is 10.0 Å². The lowest BCUT2D eigenvalue weighted by Crippen LogP contribution is -2.28. The van der Waals surface area contributed by atoms with Gasteiger partial charge in [0.15, 0.2) is 0 Å². The molecule has 0 fully saturated rings. The van der Waals surface area contributed by atoms with Gasteiger partial charge < -0.3 is 9.64 Å². The van der Waals surface area contributed by atoms with Crippen LogP contribution in [0.5, 0.6) is 11.5 Å². The Morgan fingerprint density at radius 2 is 1.71 bits per heavy atom. The average Bonchev–Trinajstić information content (AvgIpc) is 2.81. The summed E-state index contributed by atoms with van der Waals surface area (Å²) in [5, 5.41) is 0.797. The predicted molar refractivity (Wildman–Crippen MR) is 143 cm³/mol. The van der Waals surface area contributed by atoms with Crippen molar-refractivity contribution >= 4 is 55.1 Å². The minimum absolute atomic E-state index is 0.113. The van der Waals surface area contributed by atoms with E-state index in [0.29, 0.717) is 33.7 Å². The first-order valence-electron chi connectivity index (χ1n) is 10.7. The summed E-state index contributed by atoms with van der Waals surface area (Å²) < 4.78 is 34.2. The molecule has 0 radical (unpaired) electrons. The minimum Gasteiger partial charge on any atom is -0.457 e. The van der Waals surface area contributed by atoms with E-state index >= 15 is 0 Å². The molecule has 0 atom stereocenters. The van der Waals surface area contributed by atoms with Gasteiger partial charge in [0.05, 0.1) is 14.9 Å². The standard InChI is InChI=1S/C25H25BrCl2N2O4S/c1-16(2)14-29-35(32,33)21-9-5-17(6-10-21)25(31)30(3)15-18-4-7-19(26)12-24(18)34-20-8-11-22(27)23(28)13-20/h4-13,16,29H,14-15H2,1-3H3. The largest absolute Gasteiger partial charge is 0.457 e. The lowest BCUT2D eigenvalue weighted by atomic mass is 10.1. The van der Waals surface area contributed by atoms with Gasteiger partial charge in [0.25, 0.3) is 5.91 Å². The van der Waals surface area contributed by atoms with Crippen LogP contribution in [-0.2, 0) is 16.6 Å². The van der Waals surface area contributed by atoms with Crippen LogP contribution in [0.4, 0.5) is 0 Å². The lowest BCUT2D eigenvalue weighted by Gasteiger charge is -2.20. The summed E-state index contributed by atoms with van der Waals surface area (Å²) >= 11 is 15.5. The van der Waals surface area contributed by atoms with Crippen LogP contribution in [0.15, 0.2) is 70.0 Å². The van der Waals surface area contributed by atoms with Crippen molar-refractivity contribution in [1.82, 2.24) is 9.62 Å². The second kappa shape index (κ2) is 11.8. The van der Waals surface area contributed by atoms with Gasteiger partial charge in [-0.15, -0.1) is 0 Å². The van der Waals surface area contributed by atoms with Crippen LogP contribution >= 0.6 is 39.1 Å². The number of carbonyl (C=O) groups is 1. The Labute approximate surface area is 224 Å². The van der Waals surface area contributed by atoms with E-state index in [1.807, 2.05) is 26.0 Å². The van der Waals surface area contributed by atoms with E-state index in [2.05, 4.69) is 20.7 Å². The van der Waals surface area contributed by atoms with Crippen LogP contribution in [0.1, 0.15) is 29.8 Å². The highest BCUT2D eigenvalue weighted by Crippen LogP contribution is 2.33. The molecular formula is C25H25BrCl2N2O4S. The van der Waals surface area contributed by atoms with Crippen molar-refractivity contribution < 1.29 is 17.9 Å². The smallest absolute Gasteiger partial charge is 0.253 e. The molecule has 3 aromatic carbocycles. The number of hydrogen-bond donors (Lipinski definition) is 1. The molecule has 0 spiro atoms. The second-order valence-corrected chi connectivity index (χ2v) is 11.9.